The second-order valence-corrected chi connectivity index (χ2v) is 19.4. The lowest BCUT2D eigenvalue weighted by Crippen LogP contribution is -2.67. The van der Waals surface area contributed by atoms with Gasteiger partial charge in [-0.05, 0) is 114 Å². The fourth-order valence-corrected chi connectivity index (χ4v) is 10.2. The van der Waals surface area contributed by atoms with Gasteiger partial charge in [-0.2, -0.15) is 5.06 Å². The highest BCUT2D eigenvalue weighted by atomic mass is 16.5. The number of piperidine rings is 1. The van der Waals surface area contributed by atoms with E-state index in [9.17, 15) is 5.21 Å². The first-order valence-electron chi connectivity index (χ1n) is 14.9. The largest absolute Gasteiger partial charge is 0.313 e. The van der Waals surface area contributed by atoms with E-state index in [1.54, 1.807) is 5.06 Å². The summed E-state index contributed by atoms with van der Waals surface area (Å²) in [5.41, 5.74) is 1.58. The Hall–Kier alpha value is -0.120. The van der Waals surface area contributed by atoms with Gasteiger partial charge < -0.3 is 5.21 Å². The molecule has 230 valence electrons. The van der Waals surface area contributed by atoms with E-state index in [2.05, 4.69) is 150 Å². The number of hydrogen-bond donors (Lipinski definition) is 1. The maximum atomic E-state index is 10.6. The lowest BCUT2D eigenvalue weighted by atomic mass is 9.46. The summed E-state index contributed by atoms with van der Waals surface area (Å²) in [6.45, 7) is 47.1. The van der Waals surface area contributed by atoms with Crippen molar-refractivity contribution in [3.05, 3.63) is 0 Å². The van der Waals surface area contributed by atoms with E-state index in [0.29, 0.717) is 5.41 Å². The summed E-state index contributed by atoms with van der Waals surface area (Å²) in [5, 5.41) is 12.2. The van der Waals surface area contributed by atoms with Gasteiger partial charge in [0.05, 0.1) is 0 Å². The molecule has 2 rings (SSSR count). The van der Waals surface area contributed by atoms with Crippen LogP contribution in [0.3, 0.4) is 0 Å². The Morgan fingerprint density at radius 3 is 0.947 bits per heavy atom. The van der Waals surface area contributed by atoms with Crippen molar-refractivity contribution >= 4 is 0 Å². The van der Waals surface area contributed by atoms with E-state index in [4.69, 9.17) is 0 Å². The summed E-state index contributed by atoms with van der Waals surface area (Å²) in [6, 6.07) is 0. The van der Waals surface area contributed by atoms with E-state index < -0.39 is 0 Å². The molecule has 0 radical (unpaired) electrons. The molecular formula is C35H74N2O. The molecule has 2 saturated heterocycles. The molecule has 0 saturated carbocycles. The van der Waals surface area contributed by atoms with E-state index in [1.165, 1.54) is 6.42 Å². The van der Waals surface area contributed by atoms with Crippen molar-refractivity contribution in [3.8, 4) is 0 Å². The van der Waals surface area contributed by atoms with Gasteiger partial charge in [-0.25, -0.2) is 0 Å². The molecule has 2 heterocycles. The van der Waals surface area contributed by atoms with E-state index in [-0.39, 0.29) is 56.7 Å². The highest BCUT2D eigenvalue weighted by Gasteiger charge is 2.68. The first-order valence-corrected chi connectivity index (χ1v) is 14.9. The summed E-state index contributed by atoms with van der Waals surface area (Å²) in [5.74, 6) is 0. The topological polar surface area (TPSA) is 26.7 Å². The molecule has 3 nitrogen and oxygen atoms in total. The average Bonchev–Trinajstić information content (AvgIpc) is 2.74. The zero-order valence-electron chi connectivity index (χ0n) is 29.5. The molecule has 0 aromatic heterocycles. The monoisotopic (exact) mass is 539 g/mol. The fourth-order valence-electron chi connectivity index (χ4n) is 10.2. The molecule has 38 heavy (non-hydrogen) atoms. The van der Waals surface area contributed by atoms with Gasteiger partial charge in [0, 0.05) is 22.2 Å². The van der Waals surface area contributed by atoms with Gasteiger partial charge in [0.15, 0.2) is 0 Å². The standard InChI is InChI=1S/C17H35NO.C17H35N.CH4/c1-13(2,3)17(14(4,5)6)11-15(7,8)18(19)16(9,10)12-17;1-13(2,3)17(14(4,5)6)12-15(7,8)18(11)16(17,9)10;/h19H,11-12H2,1-10H3;12H2,1-11H3;1H4. The molecule has 1 N–H and O–H groups in total. The number of hydrogen-bond acceptors (Lipinski definition) is 3. The number of nitrogens with zero attached hydrogens (tertiary/aromatic N) is 2. The molecule has 0 bridgehead atoms. The van der Waals surface area contributed by atoms with Crippen LogP contribution in [-0.2, 0) is 0 Å². The molecular weight excluding hydrogens is 464 g/mol. The van der Waals surface area contributed by atoms with Crippen molar-refractivity contribution in [2.75, 3.05) is 7.05 Å². The summed E-state index contributed by atoms with van der Waals surface area (Å²) in [4.78, 5) is 2.61. The maximum Gasteiger partial charge on any atom is 0.0416 e. The summed E-state index contributed by atoms with van der Waals surface area (Å²) < 4.78 is 0. The molecule has 3 heteroatoms. The Balaban J connectivity index is 0.000000703. The highest BCUT2D eigenvalue weighted by Crippen LogP contribution is 2.68. The Morgan fingerprint density at radius 2 is 0.789 bits per heavy atom. The lowest BCUT2D eigenvalue weighted by molar-refractivity contribution is -0.289. The Morgan fingerprint density at radius 1 is 0.500 bits per heavy atom. The minimum absolute atomic E-state index is 0. The van der Waals surface area contributed by atoms with Crippen molar-refractivity contribution in [3.63, 3.8) is 0 Å². The highest BCUT2D eigenvalue weighted by molar-refractivity contribution is 5.20. The normalized spacial score (nSPS) is 26.7. The molecule has 0 aliphatic carbocycles. The first-order chi connectivity index (χ1) is 15.7. The third kappa shape index (κ3) is 5.78. The van der Waals surface area contributed by atoms with Crippen molar-refractivity contribution in [2.24, 2.45) is 32.5 Å². The van der Waals surface area contributed by atoms with Crippen LogP contribution >= 0.6 is 0 Å². The van der Waals surface area contributed by atoms with Gasteiger partial charge in [-0.1, -0.05) is 90.5 Å². The maximum absolute atomic E-state index is 10.6. The Bertz CT molecular complexity index is 755. The number of likely N-dealkylation sites (tertiary alicyclic amines) is 1. The average molecular weight is 539 g/mol. The van der Waals surface area contributed by atoms with Crippen LogP contribution in [0.5, 0.6) is 0 Å². The minimum atomic E-state index is -0.192. The quantitative estimate of drug-likeness (QED) is 0.332. The van der Waals surface area contributed by atoms with E-state index in [0.717, 1.165) is 12.8 Å². The number of hydroxylamine groups is 2. The molecule has 2 fully saturated rings. The third-order valence-electron chi connectivity index (χ3n) is 11.5. The second-order valence-electron chi connectivity index (χ2n) is 19.4. The summed E-state index contributed by atoms with van der Waals surface area (Å²) >= 11 is 0. The van der Waals surface area contributed by atoms with Gasteiger partial charge in [-0.3, -0.25) is 4.90 Å². The smallest absolute Gasteiger partial charge is 0.0416 e. The number of rotatable bonds is 0. The van der Waals surface area contributed by atoms with Crippen LogP contribution in [0.1, 0.15) is 165 Å². The van der Waals surface area contributed by atoms with Gasteiger partial charge in [0.2, 0.25) is 0 Å². The van der Waals surface area contributed by atoms with Crippen molar-refractivity contribution < 1.29 is 5.21 Å². The zero-order chi connectivity index (χ0) is 30.3. The molecule has 0 aromatic carbocycles. The van der Waals surface area contributed by atoms with Crippen LogP contribution in [0, 0.1) is 32.5 Å². The molecule has 0 spiro atoms. The molecule has 0 atom stereocenters. The molecule has 0 aromatic rings. The van der Waals surface area contributed by atoms with Crippen LogP contribution in [0.2, 0.25) is 0 Å². The zero-order valence-corrected chi connectivity index (χ0v) is 29.5. The minimum Gasteiger partial charge on any atom is -0.313 e. The molecule has 2 aliphatic rings. The fraction of sp³-hybridized carbons (Fsp3) is 1.00. The third-order valence-corrected chi connectivity index (χ3v) is 11.5. The van der Waals surface area contributed by atoms with E-state index in [1.807, 2.05) is 0 Å². The SMILES string of the molecule is C.CC1(C)CC(C(C)(C)C)(C(C)(C)C)CC(C)(C)N1O.CN1C(C)(C)CC(C(C)(C)C)(C(C)(C)C)C1(C)C. The van der Waals surface area contributed by atoms with Crippen molar-refractivity contribution in [2.45, 2.75) is 187 Å². The molecule has 0 unspecified atom stereocenters. The van der Waals surface area contributed by atoms with Gasteiger partial charge in [-0.15, -0.1) is 0 Å². The molecule has 0 amide bonds. The summed E-state index contributed by atoms with van der Waals surface area (Å²) in [6.07, 6.45) is 3.30. The Kier molecular flexibility index (Phi) is 9.98. The van der Waals surface area contributed by atoms with Crippen LogP contribution < -0.4 is 0 Å². The predicted molar refractivity (Wildman–Crippen MR) is 171 cm³/mol. The van der Waals surface area contributed by atoms with Crippen LogP contribution in [0.25, 0.3) is 0 Å². The van der Waals surface area contributed by atoms with Crippen molar-refractivity contribution in [1.82, 2.24) is 9.96 Å². The van der Waals surface area contributed by atoms with Crippen LogP contribution in [0.15, 0.2) is 0 Å². The van der Waals surface area contributed by atoms with Gasteiger partial charge in [0.25, 0.3) is 0 Å². The Labute approximate surface area is 241 Å². The van der Waals surface area contributed by atoms with E-state index >= 15 is 0 Å². The lowest BCUT2D eigenvalue weighted by Gasteiger charge is -2.65. The molecule has 2 aliphatic heterocycles. The van der Waals surface area contributed by atoms with Crippen LogP contribution in [0.4, 0.5) is 0 Å². The van der Waals surface area contributed by atoms with Crippen LogP contribution in [-0.4, -0.2) is 44.4 Å². The second kappa shape index (κ2) is 10.0. The summed E-state index contributed by atoms with van der Waals surface area (Å²) in [7, 11) is 2.30. The first kappa shape index (κ1) is 37.9. The van der Waals surface area contributed by atoms with Gasteiger partial charge >= 0.3 is 0 Å². The van der Waals surface area contributed by atoms with Crippen molar-refractivity contribution in [1.29, 1.82) is 0 Å². The predicted octanol–water partition coefficient (Wildman–Crippen LogP) is 10.7. The van der Waals surface area contributed by atoms with Gasteiger partial charge in [0.1, 0.15) is 0 Å².